The lowest BCUT2D eigenvalue weighted by Crippen LogP contribution is -2.02. The zero-order valence-electron chi connectivity index (χ0n) is 9.46. The minimum atomic E-state index is -0.509. The molecule has 0 aliphatic rings. The summed E-state index contributed by atoms with van der Waals surface area (Å²) in [7, 11) is 0. The summed E-state index contributed by atoms with van der Waals surface area (Å²) in [5.41, 5.74) is 0.436. The van der Waals surface area contributed by atoms with Gasteiger partial charge in [-0.3, -0.25) is 14.6 Å². The zero-order chi connectivity index (χ0) is 12.5. The Balaban J connectivity index is 2.57. The fourth-order valence-corrected chi connectivity index (χ4v) is 2.23. The molecule has 0 amide bonds. The molecule has 0 radical (unpaired) electrons. The second-order valence-corrected chi connectivity index (χ2v) is 4.05. The number of ketones is 1. The molecule has 1 heterocycles. The highest BCUT2D eigenvalue weighted by molar-refractivity contribution is 6.39. The number of carbonyl (C=O) groups is 2. The van der Waals surface area contributed by atoms with Crippen molar-refractivity contribution in [2.75, 3.05) is 0 Å². The summed E-state index contributed by atoms with van der Waals surface area (Å²) < 4.78 is 0. The Morgan fingerprint density at radius 2 is 1.83 bits per heavy atom. The molecule has 86 valence electrons. The molecule has 3 heteroatoms. The Bertz CT molecular complexity index is 724. The van der Waals surface area contributed by atoms with Gasteiger partial charge in [0.15, 0.2) is 6.29 Å². The van der Waals surface area contributed by atoms with Crippen LogP contribution in [0.15, 0.2) is 48.8 Å². The van der Waals surface area contributed by atoms with E-state index >= 15 is 0 Å². The predicted molar refractivity (Wildman–Crippen MR) is 69.6 cm³/mol. The quantitative estimate of drug-likeness (QED) is 0.297. The van der Waals surface area contributed by atoms with E-state index in [2.05, 4.69) is 4.98 Å². The molecule has 2 aromatic carbocycles. The maximum atomic E-state index is 11.8. The van der Waals surface area contributed by atoms with Gasteiger partial charge in [0.1, 0.15) is 0 Å². The Labute approximate surface area is 103 Å². The fraction of sp³-hybridized carbons (Fsp3) is 0. The van der Waals surface area contributed by atoms with Gasteiger partial charge >= 0.3 is 0 Å². The lowest BCUT2D eigenvalue weighted by molar-refractivity contribution is -0.104. The smallest absolute Gasteiger partial charge is 0.226 e. The first-order valence-corrected chi connectivity index (χ1v) is 5.56. The van der Waals surface area contributed by atoms with Crippen molar-refractivity contribution in [3.8, 4) is 0 Å². The van der Waals surface area contributed by atoms with Gasteiger partial charge in [-0.1, -0.05) is 24.3 Å². The van der Waals surface area contributed by atoms with Gasteiger partial charge in [-0.15, -0.1) is 0 Å². The minimum Gasteiger partial charge on any atom is -0.294 e. The molecule has 0 N–H and O–H groups in total. The van der Waals surface area contributed by atoms with Gasteiger partial charge in [0.05, 0.1) is 0 Å². The molecule has 18 heavy (non-hydrogen) atoms. The topological polar surface area (TPSA) is 47.0 Å². The van der Waals surface area contributed by atoms with Crippen molar-refractivity contribution >= 4 is 33.6 Å². The molecule has 3 nitrogen and oxygen atoms in total. The van der Waals surface area contributed by atoms with Gasteiger partial charge < -0.3 is 0 Å². The minimum absolute atomic E-state index is 0.355. The summed E-state index contributed by atoms with van der Waals surface area (Å²) in [4.78, 5) is 26.7. The number of hydrogen-bond acceptors (Lipinski definition) is 3. The first-order chi connectivity index (χ1) is 8.81. The van der Waals surface area contributed by atoms with Crippen molar-refractivity contribution in [3.63, 3.8) is 0 Å². The van der Waals surface area contributed by atoms with Crippen molar-refractivity contribution in [2.24, 2.45) is 0 Å². The van der Waals surface area contributed by atoms with E-state index in [0.717, 1.165) is 16.2 Å². The Morgan fingerprint density at radius 3 is 2.67 bits per heavy atom. The van der Waals surface area contributed by atoms with E-state index in [1.165, 1.54) is 0 Å². The molecule has 1 aromatic heterocycles. The van der Waals surface area contributed by atoms with E-state index in [1.807, 2.05) is 36.4 Å². The fourth-order valence-electron chi connectivity index (χ4n) is 2.23. The molecular formula is C15H9NO2. The van der Waals surface area contributed by atoms with Crippen LogP contribution in [0.2, 0.25) is 0 Å². The molecule has 0 unspecified atom stereocenters. The van der Waals surface area contributed by atoms with Gasteiger partial charge in [-0.2, -0.15) is 0 Å². The zero-order valence-corrected chi connectivity index (χ0v) is 9.46. The summed E-state index contributed by atoms with van der Waals surface area (Å²) in [6.45, 7) is 0. The lowest BCUT2D eigenvalue weighted by atomic mass is 9.96. The van der Waals surface area contributed by atoms with Crippen molar-refractivity contribution in [3.05, 3.63) is 54.4 Å². The predicted octanol–water partition coefficient (Wildman–Crippen LogP) is 2.77. The second kappa shape index (κ2) is 4.04. The van der Waals surface area contributed by atoms with Crippen LogP contribution in [0.4, 0.5) is 0 Å². The highest BCUT2D eigenvalue weighted by Crippen LogP contribution is 2.27. The summed E-state index contributed by atoms with van der Waals surface area (Å²) in [6.07, 6.45) is 3.65. The Hall–Kier alpha value is -2.55. The number of nitrogens with zero attached hydrogens (tertiary/aromatic N) is 1. The average Bonchev–Trinajstić information content (AvgIpc) is 2.44. The van der Waals surface area contributed by atoms with Crippen molar-refractivity contribution in [2.45, 2.75) is 0 Å². The highest BCUT2D eigenvalue weighted by Gasteiger charge is 2.13. The van der Waals surface area contributed by atoms with Crippen LogP contribution in [0.25, 0.3) is 21.5 Å². The number of fused-ring (bicyclic) bond motifs is 2. The average molecular weight is 235 g/mol. The van der Waals surface area contributed by atoms with Gasteiger partial charge in [0, 0.05) is 23.3 Å². The number of Topliss-reactive ketones (excluding diaryl/α,β-unsaturated/α-hetero) is 1. The van der Waals surface area contributed by atoms with E-state index in [9.17, 15) is 9.59 Å². The third-order valence-corrected chi connectivity index (χ3v) is 3.02. The summed E-state index contributed by atoms with van der Waals surface area (Å²) in [6, 6.07) is 11.4. The molecule has 0 atom stereocenters. The molecule has 0 saturated carbocycles. The number of carbonyl (C=O) groups excluding carboxylic acids is 2. The molecule has 0 fully saturated rings. The monoisotopic (exact) mass is 235 g/mol. The van der Waals surface area contributed by atoms with Crippen molar-refractivity contribution < 1.29 is 9.59 Å². The van der Waals surface area contributed by atoms with Gasteiger partial charge in [-0.25, -0.2) is 0 Å². The molecular weight excluding hydrogens is 226 g/mol. The first-order valence-electron chi connectivity index (χ1n) is 5.56. The number of aromatic nitrogens is 1. The molecule has 3 aromatic rings. The molecule has 0 spiro atoms. The third kappa shape index (κ3) is 1.49. The molecule has 0 saturated heterocycles. The van der Waals surface area contributed by atoms with Crippen LogP contribution in [0, 0.1) is 0 Å². The standard InChI is InChI=1S/C15H9NO2/c17-9-14(18)15-12-4-2-1-3-10(12)7-11-5-6-16-8-13(11)15/h1-9H. The third-order valence-electron chi connectivity index (χ3n) is 3.02. The number of pyridine rings is 1. The second-order valence-electron chi connectivity index (χ2n) is 4.05. The number of benzene rings is 2. The molecule has 0 bridgehead atoms. The number of hydrogen-bond donors (Lipinski definition) is 0. The summed E-state index contributed by atoms with van der Waals surface area (Å²) in [5, 5.41) is 3.36. The van der Waals surface area contributed by atoms with Crippen molar-refractivity contribution in [1.29, 1.82) is 0 Å². The van der Waals surface area contributed by atoms with E-state index in [4.69, 9.17) is 0 Å². The molecule has 0 aliphatic carbocycles. The number of rotatable bonds is 2. The SMILES string of the molecule is O=CC(=O)c1c2ccccc2cc2ccncc12. The maximum absolute atomic E-state index is 11.8. The largest absolute Gasteiger partial charge is 0.294 e. The van der Waals surface area contributed by atoms with Crippen LogP contribution < -0.4 is 0 Å². The van der Waals surface area contributed by atoms with Gasteiger partial charge in [0.25, 0.3) is 0 Å². The van der Waals surface area contributed by atoms with E-state index in [-0.39, 0.29) is 0 Å². The van der Waals surface area contributed by atoms with Crippen LogP contribution in [-0.4, -0.2) is 17.1 Å². The van der Waals surface area contributed by atoms with E-state index in [0.29, 0.717) is 17.2 Å². The summed E-state index contributed by atoms with van der Waals surface area (Å²) in [5.74, 6) is -0.509. The van der Waals surface area contributed by atoms with Gasteiger partial charge in [0.2, 0.25) is 5.78 Å². The van der Waals surface area contributed by atoms with E-state index in [1.54, 1.807) is 12.4 Å². The molecule has 3 rings (SSSR count). The lowest BCUT2D eigenvalue weighted by Gasteiger charge is -2.07. The van der Waals surface area contributed by atoms with Gasteiger partial charge in [-0.05, 0) is 28.3 Å². The van der Waals surface area contributed by atoms with Crippen LogP contribution in [0.1, 0.15) is 10.4 Å². The normalized spacial score (nSPS) is 10.7. The number of aldehydes is 1. The van der Waals surface area contributed by atoms with Crippen LogP contribution >= 0.6 is 0 Å². The maximum Gasteiger partial charge on any atom is 0.226 e. The van der Waals surface area contributed by atoms with Crippen molar-refractivity contribution in [1.82, 2.24) is 4.98 Å². The molecule has 0 aliphatic heterocycles. The van der Waals surface area contributed by atoms with Crippen LogP contribution in [-0.2, 0) is 4.79 Å². The van der Waals surface area contributed by atoms with E-state index < -0.39 is 5.78 Å². The highest BCUT2D eigenvalue weighted by atomic mass is 16.2. The summed E-state index contributed by atoms with van der Waals surface area (Å²) >= 11 is 0. The Morgan fingerprint density at radius 1 is 1.06 bits per heavy atom. The van der Waals surface area contributed by atoms with Crippen LogP contribution in [0.3, 0.4) is 0 Å². The van der Waals surface area contributed by atoms with Crippen LogP contribution in [0.5, 0.6) is 0 Å². The first kappa shape index (κ1) is 10.6. The Kier molecular flexibility index (Phi) is 2.38.